The standard InChI is InChI=1S/C12H17NO4/c1-8(2)9-5-7-17-11(9)12(16)13(3)6-4-10(14)15/h5,7-8H,4,6H2,1-3H3,(H,14,15). The Morgan fingerprint density at radius 1 is 1.47 bits per heavy atom. The van der Waals surface area contributed by atoms with Gasteiger partial charge in [0.2, 0.25) is 0 Å². The summed E-state index contributed by atoms with van der Waals surface area (Å²) in [6.45, 7) is 4.12. The van der Waals surface area contributed by atoms with Gasteiger partial charge in [-0.2, -0.15) is 0 Å². The molecule has 0 saturated carbocycles. The number of hydrogen-bond acceptors (Lipinski definition) is 3. The van der Waals surface area contributed by atoms with Crippen LogP contribution in [0.4, 0.5) is 0 Å². The van der Waals surface area contributed by atoms with Gasteiger partial charge in [-0.15, -0.1) is 0 Å². The summed E-state index contributed by atoms with van der Waals surface area (Å²) < 4.78 is 5.18. The van der Waals surface area contributed by atoms with Crippen LogP contribution in [-0.4, -0.2) is 35.5 Å². The van der Waals surface area contributed by atoms with Gasteiger partial charge in [-0.05, 0) is 12.0 Å². The van der Waals surface area contributed by atoms with Gasteiger partial charge in [0.05, 0.1) is 12.7 Å². The first-order chi connectivity index (χ1) is 7.93. The molecule has 1 aromatic rings. The topological polar surface area (TPSA) is 70.8 Å². The van der Waals surface area contributed by atoms with Crippen LogP contribution >= 0.6 is 0 Å². The molecule has 0 aliphatic heterocycles. The van der Waals surface area contributed by atoms with E-state index >= 15 is 0 Å². The minimum atomic E-state index is -0.923. The molecule has 94 valence electrons. The van der Waals surface area contributed by atoms with E-state index in [9.17, 15) is 9.59 Å². The Labute approximate surface area is 100 Å². The highest BCUT2D eigenvalue weighted by atomic mass is 16.4. The van der Waals surface area contributed by atoms with Crippen LogP contribution in [0.2, 0.25) is 0 Å². The molecular formula is C12H17NO4. The molecule has 0 spiro atoms. The van der Waals surface area contributed by atoms with E-state index in [2.05, 4.69) is 0 Å². The molecule has 0 unspecified atom stereocenters. The lowest BCUT2D eigenvalue weighted by molar-refractivity contribution is -0.137. The lowest BCUT2D eigenvalue weighted by Gasteiger charge is -2.15. The van der Waals surface area contributed by atoms with Crippen LogP contribution in [0.3, 0.4) is 0 Å². The summed E-state index contributed by atoms with van der Waals surface area (Å²) >= 11 is 0. The maximum Gasteiger partial charge on any atom is 0.305 e. The molecule has 1 rings (SSSR count). The fraction of sp³-hybridized carbons (Fsp3) is 0.500. The monoisotopic (exact) mass is 239 g/mol. The summed E-state index contributed by atoms with van der Waals surface area (Å²) in [6.07, 6.45) is 1.41. The van der Waals surface area contributed by atoms with Crippen molar-refractivity contribution >= 4 is 11.9 Å². The summed E-state index contributed by atoms with van der Waals surface area (Å²) in [6, 6.07) is 1.77. The van der Waals surface area contributed by atoms with Crippen molar-refractivity contribution in [2.75, 3.05) is 13.6 Å². The number of furan rings is 1. The number of aliphatic carboxylic acids is 1. The van der Waals surface area contributed by atoms with Gasteiger partial charge in [0, 0.05) is 19.2 Å². The highest BCUT2D eigenvalue weighted by Crippen LogP contribution is 2.21. The van der Waals surface area contributed by atoms with Gasteiger partial charge < -0.3 is 14.4 Å². The molecule has 0 aliphatic carbocycles. The predicted octanol–water partition coefficient (Wildman–Crippen LogP) is 1.95. The summed E-state index contributed by atoms with van der Waals surface area (Å²) in [5.74, 6) is -0.707. The highest BCUT2D eigenvalue weighted by molar-refractivity contribution is 5.93. The first-order valence-electron chi connectivity index (χ1n) is 5.48. The van der Waals surface area contributed by atoms with E-state index in [1.54, 1.807) is 13.1 Å². The number of rotatable bonds is 5. The van der Waals surface area contributed by atoms with Gasteiger partial charge in [-0.25, -0.2) is 0 Å². The van der Waals surface area contributed by atoms with Gasteiger partial charge >= 0.3 is 5.97 Å². The van der Waals surface area contributed by atoms with Crippen molar-refractivity contribution in [1.82, 2.24) is 4.90 Å². The van der Waals surface area contributed by atoms with Crippen LogP contribution in [-0.2, 0) is 4.79 Å². The Balaban J connectivity index is 2.74. The minimum Gasteiger partial charge on any atom is -0.481 e. The molecule has 5 heteroatoms. The lowest BCUT2D eigenvalue weighted by Crippen LogP contribution is -2.29. The van der Waals surface area contributed by atoms with Gasteiger partial charge in [-0.3, -0.25) is 9.59 Å². The fourth-order valence-electron chi connectivity index (χ4n) is 1.49. The third-order valence-corrected chi connectivity index (χ3v) is 2.52. The molecule has 0 bridgehead atoms. The molecule has 1 amide bonds. The second-order valence-corrected chi connectivity index (χ2v) is 4.23. The average molecular weight is 239 g/mol. The van der Waals surface area contributed by atoms with Crippen molar-refractivity contribution in [2.24, 2.45) is 0 Å². The van der Waals surface area contributed by atoms with E-state index in [1.807, 2.05) is 13.8 Å². The van der Waals surface area contributed by atoms with Crippen LogP contribution in [0, 0.1) is 0 Å². The zero-order valence-electron chi connectivity index (χ0n) is 10.3. The van der Waals surface area contributed by atoms with Crippen molar-refractivity contribution in [1.29, 1.82) is 0 Å². The Kier molecular flexibility index (Phi) is 4.31. The molecule has 0 aliphatic rings. The molecule has 0 radical (unpaired) electrons. The summed E-state index contributed by atoms with van der Waals surface area (Å²) in [7, 11) is 1.57. The zero-order chi connectivity index (χ0) is 13.0. The van der Waals surface area contributed by atoms with Crippen LogP contribution < -0.4 is 0 Å². The number of carboxylic acids is 1. The number of carbonyl (C=O) groups is 2. The molecule has 1 aromatic heterocycles. The molecule has 0 saturated heterocycles. The number of hydrogen-bond donors (Lipinski definition) is 1. The van der Waals surface area contributed by atoms with Crippen LogP contribution in [0.15, 0.2) is 16.7 Å². The van der Waals surface area contributed by atoms with Crippen LogP contribution in [0.1, 0.15) is 42.3 Å². The smallest absolute Gasteiger partial charge is 0.305 e. The van der Waals surface area contributed by atoms with Crippen LogP contribution in [0.25, 0.3) is 0 Å². The number of carbonyl (C=O) groups excluding carboxylic acids is 1. The maximum atomic E-state index is 12.0. The van der Waals surface area contributed by atoms with Crippen LogP contribution in [0.5, 0.6) is 0 Å². The Hall–Kier alpha value is -1.78. The maximum absolute atomic E-state index is 12.0. The second kappa shape index (κ2) is 5.52. The Morgan fingerprint density at radius 2 is 2.12 bits per heavy atom. The molecule has 0 atom stereocenters. The Morgan fingerprint density at radius 3 is 2.65 bits per heavy atom. The number of carboxylic acid groups (broad SMARTS) is 1. The first-order valence-corrected chi connectivity index (χ1v) is 5.48. The quantitative estimate of drug-likeness (QED) is 0.852. The largest absolute Gasteiger partial charge is 0.481 e. The van der Waals surface area contributed by atoms with E-state index in [0.717, 1.165) is 5.56 Å². The van der Waals surface area contributed by atoms with E-state index in [1.165, 1.54) is 11.2 Å². The average Bonchev–Trinajstić information content (AvgIpc) is 2.73. The third-order valence-electron chi connectivity index (χ3n) is 2.52. The molecule has 5 nitrogen and oxygen atoms in total. The molecule has 1 heterocycles. The summed E-state index contributed by atoms with van der Waals surface area (Å²) in [5.41, 5.74) is 0.845. The Bertz CT molecular complexity index is 408. The van der Waals surface area contributed by atoms with E-state index in [-0.39, 0.29) is 24.8 Å². The van der Waals surface area contributed by atoms with Gasteiger partial charge in [0.1, 0.15) is 0 Å². The van der Waals surface area contributed by atoms with Gasteiger partial charge in [0.25, 0.3) is 5.91 Å². The zero-order valence-corrected chi connectivity index (χ0v) is 10.3. The molecule has 0 fully saturated rings. The molecular weight excluding hydrogens is 222 g/mol. The summed E-state index contributed by atoms with van der Waals surface area (Å²) in [5, 5.41) is 8.56. The second-order valence-electron chi connectivity index (χ2n) is 4.23. The SMILES string of the molecule is CC(C)c1ccoc1C(=O)N(C)CCC(=O)O. The third kappa shape index (κ3) is 3.34. The normalized spacial score (nSPS) is 10.6. The lowest BCUT2D eigenvalue weighted by atomic mass is 10.0. The van der Waals surface area contributed by atoms with Gasteiger partial charge in [-0.1, -0.05) is 13.8 Å². The van der Waals surface area contributed by atoms with Crippen molar-refractivity contribution in [2.45, 2.75) is 26.2 Å². The predicted molar refractivity (Wildman–Crippen MR) is 62.0 cm³/mol. The molecule has 1 N–H and O–H groups in total. The van der Waals surface area contributed by atoms with E-state index in [0.29, 0.717) is 5.76 Å². The van der Waals surface area contributed by atoms with E-state index < -0.39 is 5.97 Å². The minimum absolute atomic E-state index is 0.0695. The fourth-order valence-corrected chi connectivity index (χ4v) is 1.49. The first kappa shape index (κ1) is 13.3. The van der Waals surface area contributed by atoms with Crippen molar-refractivity contribution in [3.8, 4) is 0 Å². The van der Waals surface area contributed by atoms with E-state index in [4.69, 9.17) is 9.52 Å². The van der Waals surface area contributed by atoms with Crippen molar-refractivity contribution in [3.05, 3.63) is 23.7 Å². The van der Waals surface area contributed by atoms with Gasteiger partial charge in [0.15, 0.2) is 5.76 Å². The highest BCUT2D eigenvalue weighted by Gasteiger charge is 2.21. The van der Waals surface area contributed by atoms with Crippen molar-refractivity contribution < 1.29 is 19.1 Å². The number of amides is 1. The van der Waals surface area contributed by atoms with Crippen molar-refractivity contribution in [3.63, 3.8) is 0 Å². The molecule has 17 heavy (non-hydrogen) atoms. The summed E-state index contributed by atoms with van der Waals surface area (Å²) in [4.78, 5) is 23.8. The number of nitrogens with zero attached hydrogens (tertiary/aromatic N) is 1. The molecule has 0 aromatic carbocycles.